The summed E-state index contributed by atoms with van der Waals surface area (Å²) in [6.45, 7) is 0. The van der Waals surface area contributed by atoms with Crippen LogP contribution in [0.25, 0.3) is 22.3 Å². The molecule has 0 unspecified atom stereocenters. The molecule has 46 heavy (non-hydrogen) atoms. The highest BCUT2D eigenvalue weighted by Crippen LogP contribution is 2.18. The Kier molecular flexibility index (Phi) is 9.25. The van der Waals surface area contributed by atoms with E-state index in [1.165, 1.54) is 35.9 Å². The number of benzene rings is 1. The Morgan fingerprint density at radius 1 is 0.500 bits per heavy atom. The van der Waals surface area contributed by atoms with E-state index >= 15 is 0 Å². The fraction of sp³-hybridized carbons (Fsp3) is 0.231. The van der Waals surface area contributed by atoms with E-state index in [0.29, 0.717) is 34.5 Å². The fourth-order valence-electron chi connectivity index (χ4n) is 4.25. The summed E-state index contributed by atoms with van der Waals surface area (Å²) in [5, 5.41) is 35.0. The number of aryl methyl sites for hydroxylation is 4. The molecule has 5 aromatic rings. The van der Waals surface area contributed by atoms with E-state index in [4.69, 9.17) is 20.4 Å². The molecule has 20 heteroatoms. The number of aromatic nitrogens is 8. The van der Waals surface area contributed by atoms with Crippen molar-refractivity contribution < 1.29 is 39.6 Å². The smallest absolute Gasteiger partial charge is 0.336 e. The van der Waals surface area contributed by atoms with E-state index in [9.17, 15) is 38.4 Å². The predicted octanol–water partition coefficient (Wildman–Crippen LogP) is -1.58. The summed E-state index contributed by atoms with van der Waals surface area (Å²) in [6.07, 6.45) is 3.04. The highest BCUT2D eigenvalue weighted by atomic mass is 16.4. The van der Waals surface area contributed by atoms with E-state index in [-0.39, 0.29) is 22.5 Å². The van der Waals surface area contributed by atoms with Crippen molar-refractivity contribution >= 4 is 46.2 Å². The van der Waals surface area contributed by atoms with Crippen molar-refractivity contribution in [1.29, 1.82) is 0 Å². The summed E-state index contributed by atoms with van der Waals surface area (Å²) in [5.74, 6) is -6.64. The maximum atomic E-state index is 11.7. The minimum absolute atomic E-state index is 0.317. The quantitative estimate of drug-likeness (QED) is 0.172. The number of fused-ring (bicyclic) bond motifs is 2. The van der Waals surface area contributed by atoms with Crippen LogP contribution in [0, 0.1) is 0 Å². The van der Waals surface area contributed by atoms with Gasteiger partial charge in [0.05, 0.1) is 34.9 Å². The number of imidazole rings is 2. The van der Waals surface area contributed by atoms with Crippen LogP contribution < -0.4 is 22.5 Å². The Morgan fingerprint density at radius 3 is 1.00 bits per heavy atom. The summed E-state index contributed by atoms with van der Waals surface area (Å²) in [7, 11) is 9.55. The summed E-state index contributed by atoms with van der Waals surface area (Å²) in [5.41, 5.74) is -2.79. The lowest BCUT2D eigenvalue weighted by atomic mass is 9.98. The summed E-state index contributed by atoms with van der Waals surface area (Å²) >= 11 is 0. The predicted molar refractivity (Wildman–Crippen MR) is 157 cm³/mol. The molecule has 0 saturated heterocycles. The van der Waals surface area contributed by atoms with E-state index < -0.39 is 46.1 Å². The lowest BCUT2D eigenvalue weighted by molar-refractivity contribution is 0.0637. The Bertz CT molecular complexity index is 2120. The Morgan fingerprint density at radius 2 is 0.761 bits per heavy atom. The molecule has 1 aromatic carbocycles. The number of carbonyl (C=O) groups is 4. The number of hydrogen-bond acceptors (Lipinski definition) is 10. The van der Waals surface area contributed by atoms with Crippen LogP contribution in [0.4, 0.5) is 0 Å². The van der Waals surface area contributed by atoms with Gasteiger partial charge in [-0.15, -0.1) is 0 Å². The van der Waals surface area contributed by atoms with Crippen LogP contribution in [0.2, 0.25) is 0 Å². The second-order valence-corrected chi connectivity index (χ2v) is 9.63. The van der Waals surface area contributed by atoms with Gasteiger partial charge in [-0.25, -0.2) is 38.7 Å². The molecule has 242 valence electrons. The zero-order valence-electron chi connectivity index (χ0n) is 24.9. The minimum Gasteiger partial charge on any atom is -0.478 e. The number of carboxylic acid groups (broad SMARTS) is 4. The average molecular weight is 643 g/mol. The molecular formula is C26H26N8O12. The molecule has 0 atom stereocenters. The molecule has 0 aliphatic rings. The van der Waals surface area contributed by atoms with Crippen molar-refractivity contribution in [3.05, 3.63) is 88.7 Å². The Labute approximate surface area is 254 Å². The second-order valence-electron chi connectivity index (χ2n) is 9.63. The van der Waals surface area contributed by atoms with Gasteiger partial charge in [-0.3, -0.25) is 27.9 Å². The molecule has 5 rings (SSSR count). The molecule has 0 fully saturated rings. The van der Waals surface area contributed by atoms with E-state index in [2.05, 4.69) is 9.97 Å². The number of hydrogen-bond donors (Lipinski definition) is 4. The largest absolute Gasteiger partial charge is 0.478 e. The first-order valence-corrected chi connectivity index (χ1v) is 12.6. The van der Waals surface area contributed by atoms with Gasteiger partial charge in [0.1, 0.15) is 0 Å². The number of carboxylic acids is 4. The molecule has 4 aromatic heterocycles. The summed E-state index contributed by atoms with van der Waals surface area (Å²) in [4.78, 5) is 97.4. The normalized spacial score (nSPS) is 10.6. The molecule has 20 nitrogen and oxygen atoms in total. The molecule has 0 amide bonds. The van der Waals surface area contributed by atoms with Crippen LogP contribution in [0.5, 0.6) is 0 Å². The zero-order chi connectivity index (χ0) is 34.9. The van der Waals surface area contributed by atoms with Gasteiger partial charge >= 0.3 is 35.3 Å². The van der Waals surface area contributed by atoms with Gasteiger partial charge in [-0.2, -0.15) is 0 Å². The number of nitrogens with zero attached hydrogens (tertiary/aromatic N) is 8. The van der Waals surface area contributed by atoms with Gasteiger partial charge in [0.2, 0.25) is 0 Å². The van der Waals surface area contributed by atoms with Crippen molar-refractivity contribution in [2.45, 2.75) is 0 Å². The highest BCUT2D eigenvalue weighted by molar-refractivity contribution is 6.09. The van der Waals surface area contributed by atoms with Gasteiger partial charge in [0, 0.05) is 42.3 Å². The fourth-order valence-corrected chi connectivity index (χ4v) is 4.25. The number of aromatic carboxylic acids is 4. The van der Waals surface area contributed by atoms with Gasteiger partial charge in [-0.1, -0.05) is 0 Å². The van der Waals surface area contributed by atoms with Crippen LogP contribution in [-0.2, 0) is 42.3 Å². The van der Waals surface area contributed by atoms with Crippen LogP contribution in [0.1, 0.15) is 41.4 Å². The molecule has 0 saturated carbocycles. The molecule has 0 aliphatic carbocycles. The highest BCUT2D eigenvalue weighted by Gasteiger charge is 2.25. The molecule has 4 N–H and O–H groups in total. The van der Waals surface area contributed by atoms with Crippen LogP contribution >= 0.6 is 0 Å². The first kappa shape index (κ1) is 33.9. The van der Waals surface area contributed by atoms with Gasteiger partial charge < -0.3 is 29.6 Å². The van der Waals surface area contributed by atoms with Crippen molar-refractivity contribution in [3.63, 3.8) is 0 Å². The van der Waals surface area contributed by atoms with Gasteiger partial charge in [0.15, 0.2) is 22.3 Å². The summed E-state index contributed by atoms with van der Waals surface area (Å²) < 4.78 is 8.08. The summed E-state index contributed by atoms with van der Waals surface area (Å²) in [6, 6.07) is 1.02. The first-order valence-electron chi connectivity index (χ1n) is 12.6. The van der Waals surface area contributed by atoms with Crippen molar-refractivity contribution in [3.8, 4) is 0 Å². The average Bonchev–Trinajstić information content (AvgIpc) is 3.59. The monoisotopic (exact) mass is 642 g/mol. The zero-order valence-corrected chi connectivity index (χ0v) is 24.9. The van der Waals surface area contributed by atoms with Crippen LogP contribution in [-0.4, -0.2) is 81.7 Å². The van der Waals surface area contributed by atoms with Crippen LogP contribution in [0.15, 0.2) is 44.0 Å². The molecule has 0 spiro atoms. The van der Waals surface area contributed by atoms with Crippen LogP contribution in [0.3, 0.4) is 0 Å². The molecule has 0 bridgehead atoms. The van der Waals surface area contributed by atoms with Crippen molar-refractivity contribution in [2.24, 2.45) is 42.3 Å². The van der Waals surface area contributed by atoms with Crippen molar-refractivity contribution in [2.75, 3.05) is 0 Å². The van der Waals surface area contributed by atoms with Crippen molar-refractivity contribution in [1.82, 2.24) is 37.4 Å². The Hall–Kier alpha value is -6.60. The lowest BCUT2D eigenvalue weighted by Crippen LogP contribution is -2.37. The first-order chi connectivity index (χ1) is 21.3. The Balaban J connectivity index is 0.000000190. The maximum absolute atomic E-state index is 11.7. The SMILES string of the molecule is Cn1c(=O)c2c(ncn2C)n(C)c1=O.Cn1c(=O)c2c(ncn2C)n(C)c1=O.O=C(O)c1cc(C(=O)O)c(C(=O)O)cc1C(=O)O. The molecule has 0 radical (unpaired) electrons. The third kappa shape index (κ3) is 5.93. The third-order valence-electron chi connectivity index (χ3n) is 6.71. The maximum Gasteiger partial charge on any atom is 0.336 e. The second kappa shape index (κ2) is 12.6. The van der Waals surface area contributed by atoms with E-state index in [0.717, 1.165) is 9.13 Å². The number of rotatable bonds is 4. The molecule has 4 heterocycles. The topological polar surface area (TPSA) is 273 Å². The van der Waals surface area contributed by atoms with Gasteiger partial charge in [0.25, 0.3) is 11.1 Å². The lowest BCUT2D eigenvalue weighted by Gasteiger charge is -2.06. The van der Waals surface area contributed by atoms with Gasteiger partial charge in [-0.05, 0) is 12.1 Å². The van der Waals surface area contributed by atoms with E-state index in [1.54, 1.807) is 37.3 Å². The van der Waals surface area contributed by atoms with E-state index in [1.807, 2.05) is 0 Å². The molecular weight excluding hydrogens is 616 g/mol. The molecule has 0 aliphatic heterocycles. The standard InChI is InChI=1S/C10H6O8.2C8H10N4O2/c11-7(12)3-1-4(8(13)14)6(10(17)18)2-5(3)9(15)16;2*1-10-4-9-6-5(10)7(13)12(3)8(14)11(6)2/h1-2H,(H,11,12)(H,13,14)(H,15,16)(H,17,18);2*4H,1-3H3. The minimum atomic E-state index is -1.66. The third-order valence-corrected chi connectivity index (χ3v) is 6.71.